The molecule has 1 aliphatic heterocycles. The molecule has 1 aromatic heterocycles. The van der Waals surface area contributed by atoms with Crippen molar-refractivity contribution in [1.82, 2.24) is 10.3 Å². The zero-order valence-corrected chi connectivity index (χ0v) is 11.7. The summed E-state index contributed by atoms with van der Waals surface area (Å²) in [7, 11) is 0. The molecule has 0 radical (unpaired) electrons. The molecule has 4 heteroatoms. The Morgan fingerprint density at radius 1 is 1.26 bits per heavy atom. The summed E-state index contributed by atoms with van der Waals surface area (Å²) >= 11 is 1.68. The first-order valence-electron chi connectivity index (χ1n) is 6.89. The van der Waals surface area contributed by atoms with Gasteiger partial charge in [0.15, 0.2) is 0 Å². The van der Waals surface area contributed by atoms with Crippen molar-refractivity contribution >= 4 is 17.0 Å². The van der Waals surface area contributed by atoms with Crippen LogP contribution in [0.25, 0.3) is 10.6 Å². The van der Waals surface area contributed by atoms with Crippen molar-refractivity contribution in [1.29, 1.82) is 0 Å². The summed E-state index contributed by atoms with van der Waals surface area (Å²) in [4.78, 5) is 4.32. The first-order valence-corrected chi connectivity index (χ1v) is 7.77. The second kappa shape index (κ2) is 6.17. The van der Waals surface area contributed by atoms with Crippen LogP contribution < -0.4 is 10.6 Å². The summed E-state index contributed by atoms with van der Waals surface area (Å²) < 4.78 is 0. The van der Waals surface area contributed by atoms with Crippen LogP contribution in [-0.2, 0) is 0 Å². The fourth-order valence-corrected chi connectivity index (χ4v) is 3.08. The molecule has 0 aliphatic carbocycles. The number of anilines is 1. The molecule has 2 aromatic rings. The van der Waals surface area contributed by atoms with Gasteiger partial charge in [-0.3, -0.25) is 0 Å². The van der Waals surface area contributed by atoms with Crippen LogP contribution in [0.4, 0.5) is 5.69 Å². The Kier molecular flexibility index (Phi) is 4.10. The standard InChI is InChI=1S/C15H19N3S/c1-2-8-16-14(3-1)11-18-13-6-4-12(5-7-13)15-17-9-10-19-15/h4-7,9-10,14,16,18H,1-3,8,11H2. The SMILES string of the molecule is c1csc(-c2ccc(NCC3CCCCN3)cc2)n1. The highest BCUT2D eigenvalue weighted by atomic mass is 32.1. The Hall–Kier alpha value is -1.39. The second-order valence-electron chi connectivity index (χ2n) is 4.94. The van der Waals surface area contributed by atoms with Crippen molar-refractivity contribution in [3.63, 3.8) is 0 Å². The van der Waals surface area contributed by atoms with Crippen LogP contribution in [0.5, 0.6) is 0 Å². The molecule has 2 heterocycles. The van der Waals surface area contributed by atoms with E-state index in [4.69, 9.17) is 0 Å². The zero-order chi connectivity index (χ0) is 12.9. The minimum Gasteiger partial charge on any atom is -0.383 e. The minimum absolute atomic E-state index is 0.618. The molecule has 2 N–H and O–H groups in total. The van der Waals surface area contributed by atoms with Crippen LogP contribution in [0, 0.1) is 0 Å². The molecule has 1 unspecified atom stereocenters. The highest BCUT2D eigenvalue weighted by Crippen LogP contribution is 2.23. The molecule has 0 bridgehead atoms. The van der Waals surface area contributed by atoms with Gasteiger partial charge in [0.2, 0.25) is 0 Å². The fraction of sp³-hybridized carbons (Fsp3) is 0.400. The van der Waals surface area contributed by atoms with E-state index in [-0.39, 0.29) is 0 Å². The lowest BCUT2D eigenvalue weighted by Crippen LogP contribution is -2.39. The van der Waals surface area contributed by atoms with E-state index in [1.54, 1.807) is 11.3 Å². The normalized spacial score (nSPS) is 19.3. The molecule has 1 aliphatic rings. The smallest absolute Gasteiger partial charge is 0.123 e. The van der Waals surface area contributed by atoms with Gasteiger partial charge in [-0.25, -0.2) is 4.98 Å². The quantitative estimate of drug-likeness (QED) is 0.897. The van der Waals surface area contributed by atoms with Crippen molar-refractivity contribution in [3.05, 3.63) is 35.8 Å². The van der Waals surface area contributed by atoms with Crippen LogP contribution in [0.15, 0.2) is 35.8 Å². The summed E-state index contributed by atoms with van der Waals surface area (Å²) in [6, 6.07) is 9.16. The molecule has 3 rings (SSSR count). The molecular weight excluding hydrogens is 254 g/mol. The molecule has 1 atom stereocenters. The Morgan fingerprint density at radius 2 is 2.16 bits per heavy atom. The van der Waals surface area contributed by atoms with Crippen LogP contribution >= 0.6 is 11.3 Å². The highest BCUT2D eigenvalue weighted by Gasteiger charge is 2.11. The summed E-state index contributed by atoms with van der Waals surface area (Å²) in [6.07, 6.45) is 5.80. The van der Waals surface area contributed by atoms with Crippen molar-refractivity contribution < 1.29 is 0 Å². The fourth-order valence-electron chi connectivity index (χ4n) is 2.44. The lowest BCUT2D eigenvalue weighted by atomic mass is 10.1. The molecule has 0 saturated carbocycles. The molecule has 3 nitrogen and oxygen atoms in total. The predicted octanol–water partition coefficient (Wildman–Crippen LogP) is 3.36. The van der Waals surface area contributed by atoms with E-state index in [1.165, 1.54) is 30.5 Å². The first-order chi connectivity index (χ1) is 9.42. The Balaban J connectivity index is 1.57. The summed E-state index contributed by atoms with van der Waals surface area (Å²) in [5.74, 6) is 0. The van der Waals surface area contributed by atoms with Crippen LogP contribution in [-0.4, -0.2) is 24.1 Å². The number of piperidine rings is 1. The molecule has 0 spiro atoms. The molecule has 1 saturated heterocycles. The maximum atomic E-state index is 4.32. The van der Waals surface area contributed by atoms with E-state index in [0.29, 0.717) is 6.04 Å². The van der Waals surface area contributed by atoms with Gasteiger partial charge in [-0.2, -0.15) is 0 Å². The van der Waals surface area contributed by atoms with Crippen molar-refractivity contribution in [3.8, 4) is 10.6 Å². The van der Waals surface area contributed by atoms with Gasteiger partial charge in [-0.05, 0) is 43.7 Å². The number of aromatic nitrogens is 1. The first kappa shape index (κ1) is 12.6. The average molecular weight is 273 g/mol. The monoisotopic (exact) mass is 273 g/mol. The van der Waals surface area contributed by atoms with Gasteiger partial charge in [0.25, 0.3) is 0 Å². The topological polar surface area (TPSA) is 37.0 Å². The number of nitrogens with zero attached hydrogens (tertiary/aromatic N) is 1. The maximum absolute atomic E-state index is 4.32. The van der Waals surface area contributed by atoms with E-state index in [1.807, 2.05) is 11.6 Å². The van der Waals surface area contributed by atoms with Gasteiger partial charge in [0.1, 0.15) is 5.01 Å². The van der Waals surface area contributed by atoms with Crippen molar-refractivity contribution in [2.75, 3.05) is 18.4 Å². The molecule has 19 heavy (non-hydrogen) atoms. The van der Waals surface area contributed by atoms with Crippen molar-refractivity contribution in [2.45, 2.75) is 25.3 Å². The van der Waals surface area contributed by atoms with E-state index in [0.717, 1.165) is 18.1 Å². The van der Waals surface area contributed by atoms with Gasteiger partial charge in [-0.1, -0.05) is 6.42 Å². The number of hydrogen-bond donors (Lipinski definition) is 2. The molecular formula is C15H19N3S. The molecule has 1 aromatic carbocycles. The Labute approximate surface area is 118 Å². The predicted molar refractivity (Wildman–Crippen MR) is 81.7 cm³/mol. The summed E-state index contributed by atoms with van der Waals surface area (Å²) in [6.45, 7) is 2.17. The largest absolute Gasteiger partial charge is 0.383 e. The lowest BCUT2D eigenvalue weighted by Gasteiger charge is -2.24. The van der Waals surface area contributed by atoms with E-state index >= 15 is 0 Å². The van der Waals surface area contributed by atoms with Gasteiger partial charge in [0.05, 0.1) is 0 Å². The third-order valence-corrected chi connectivity index (χ3v) is 4.35. The summed E-state index contributed by atoms with van der Waals surface area (Å²) in [5, 5.41) is 10.2. The minimum atomic E-state index is 0.618. The lowest BCUT2D eigenvalue weighted by molar-refractivity contribution is 0.414. The van der Waals surface area contributed by atoms with Gasteiger partial charge in [0, 0.05) is 35.4 Å². The maximum Gasteiger partial charge on any atom is 0.123 e. The van der Waals surface area contributed by atoms with E-state index in [2.05, 4.69) is 39.9 Å². The third kappa shape index (κ3) is 3.33. The number of hydrogen-bond acceptors (Lipinski definition) is 4. The Bertz CT molecular complexity index is 487. The van der Waals surface area contributed by atoms with Gasteiger partial charge >= 0.3 is 0 Å². The Morgan fingerprint density at radius 3 is 2.84 bits per heavy atom. The molecule has 0 amide bonds. The molecule has 100 valence electrons. The van der Waals surface area contributed by atoms with E-state index in [9.17, 15) is 0 Å². The van der Waals surface area contributed by atoms with Crippen molar-refractivity contribution in [2.24, 2.45) is 0 Å². The third-order valence-electron chi connectivity index (χ3n) is 3.53. The second-order valence-corrected chi connectivity index (χ2v) is 5.84. The van der Waals surface area contributed by atoms with Crippen LogP contribution in [0.1, 0.15) is 19.3 Å². The zero-order valence-electron chi connectivity index (χ0n) is 10.9. The van der Waals surface area contributed by atoms with Crippen LogP contribution in [0.2, 0.25) is 0 Å². The van der Waals surface area contributed by atoms with E-state index < -0.39 is 0 Å². The number of benzene rings is 1. The highest BCUT2D eigenvalue weighted by molar-refractivity contribution is 7.13. The number of thiazole rings is 1. The molecule has 1 fully saturated rings. The summed E-state index contributed by atoms with van der Waals surface area (Å²) in [5.41, 5.74) is 2.38. The number of rotatable bonds is 4. The van der Waals surface area contributed by atoms with Gasteiger partial charge in [-0.15, -0.1) is 11.3 Å². The van der Waals surface area contributed by atoms with Crippen LogP contribution in [0.3, 0.4) is 0 Å². The number of nitrogens with one attached hydrogen (secondary N) is 2. The van der Waals surface area contributed by atoms with Gasteiger partial charge < -0.3 is 10.6 Å². The average Bonchev–Trinajstić information content (AvgIpc) is 3.01.